The summed E-state index contributed by atoms with van der Waals surface area (Å²) in [5, 5.41) is 3.93. The second-order valence-corrected chi connectivity index (χ2v) is 9.61. The van der Waals surface area contributed by atoms with Crippen LogP contribution >= 0.6 is 0 Å². The van der Waals surface area contributed by atoms with E-state index < -0.39 is 0 Å². The Labute approximate surface area is 210 Å². The fourth-order valence-electron chi connectivity index (χ4n) is 6.07. The highest BCUT2D eigenvalue weighted by Crippen LogP contribution is 2.41. The molecule has 7 rings (SSSR count). The van der Waals surface area contributed by atoms with Gasteiger partial charge in [-0.25, -0.2) is 0 Å². The molecule has 2 heterocycles. The Hall–Kier alpha value is -4.18. The van der Waals surface area contributed by atoms with Gasteiger partial charge in [0.05, 0.1) is 30.8 Å². The van der Waals surface area contributed by atoms with Gasteiger partial charge in [0.15, 0.2) is 0 Å². The highest BCUT2D eigenvalue weighted by Gasteiger charge is 2.23. The Morgan fingerprint density at radius 1 is 0.556 bits per heavy atom. The normalized spacial score (nSPS) is 13.4. The topological polar surface area (TPSA) is 28.3 Å². The van der Waals surface area contributed by atoms with Crippen LogP contribution in [0.25, 0.3) is 44.1 Å². The van der Waals surface area contributed by atoms with Crippen LogP contribution in [0.5, 0.6) is 11.5 Å². The smallest absolute Gasteiger partial charge is 0.120 e. The van der Waals surface area contributed by atoms with Gasteiger partial charge in [-0.1, -0.05) is 30.3 Å². The molecule has 0 bridgehead atoms. The lowest BCUT2D eigenvalue weighted by Crippen LogP contribution is -2.07. The summed E-state index contributed by atoms with van der Waals surface area (Å²) in [6, 6.07) is 30.3. The van der Waals surface area contributed by atoms with Gasteiger partial charge in [-0.05, 0) is 73.7 Å². The summed E-state index contributed by atoms with van der Waals surface area (Å²) in [6.45, 7) is 0. The number of methoxy groups -OCH3 is 2. The van der Waals surface area contributed by atoms with Crippen LogP contribution in [0.2, 0.25) is 0 Å². The number of para-hydroxylation sites is 1. The standard InChI is InChI=1S/C32H28N2O2/c1-35-23-11-7-9-21(17-23)33-29-15-5-3-13-25(29)27-19-28-26-14-4-6-16-30(26)34(32(28)20-31(27)33)22-10-8-12-24(18-22)36-2/h3,5,7-13,15,17-20H,4,6,14,16H2,1-2H3. The number of hydrogen-bond donors (Lipinski definition) is 0. The maximum absolute atomic E-state index is 5.59. The van der Waals surface area contributed by atoms with Gasteiger partial charge in [0.1, 0.15) is 11.5 Å². The van der Waals surface area contributed by atoms with Crippen molar-refractivity contribution in [3.63, 3.8) is 0 Å². The van der Waals surface area contributed by atoms with Crippen LogP contribution in [0.1, 0.15) is 24.1 Å². The first kappa shape index (κ1) is 21.1. The minimum Gasteiger partial charge on any atom is -0.497 e. The summed E-state index contributed by atoms with van der Waals surface area (Å²) in [5.74, 6) is 1.74. The quantitative estimate of drug-likeness (QED) is 0.264. The van der Waals surface area contributed by atoms with Crippen LogP contribution in [-0.4, -0.2) is 23.4 Å². The molecule has 36 heavy (non-hydrogen) atoms. The van der Waals surface area contributed by atoms with E-state index in [0.29, 0.717) is 0 Å². The third-order valence-corrected chi connectivity index (χ3v) is 7.69. The molecule has 0 saturated carbocycles. The van der Waals surface area contributed by atoms with Crippen molar-refractivity contribution >= 4 is 32.7 Å². The van der Waals surface area contributed by atoms with Crippen molar-refractivity contribution in [1.82, 2.24) is 9.13 Å². The van der Waals surface area contributed by atoms with Gasteiger partial charge in [-0.15, -0.1) is 0 Å². The van der Waals surface area contributed by atoms with Crippen LogP contribution in [0.3, 0.4) is 0 Å². The number of aromatic nitrogens is 2. The molecule has 0 radical (unpaired) electrons. The highest BCUT2D eigenvalue weighted by molar-refractivity contribution is 6.14. The Morgan fingerprint density at radius 3 is 1.97 bits per heavy atom. The number of benzene rings is 4. The van der Waals surface area contributed by atoms with Crippen LogP contribution < -0.4 is 9.47 Å². The number of rotatable bonds is 4. The van der Waals surface area contributed by atoms with Crippen LogP contribution in [0.15, 0.2) is 84.9 Å². The lowest BCUT2D eigenvalue weighted by Gasteiger charge is -2.16. The molecule has 0 amide bonds. The monoisotopic (exact) mass is 472 g/mol. The summed E-state index contributed by atoms with van der Waals surface area (Å²) in [6.07, 6.45) is 4.70. The summed E-state index contributed by atoms with van der Waals surface area (Å²) >= 11 is 0. The molecule has 0 unspecified atom stereocenters. The first-order chi connectivity index (χ1) is 17.8. The summed E-state index contributed by atoms with van der Waals surface area (Å²) in [4.78, 5) is 0. The Kier molecular flexibility index (Phi) is 4.81. The molecule has 4 heteroatoms. The van der Waals surface area contributed by atoms with Crippen molar-refractivity contribution in [1.29, 1.82) is 0 Å². The fourth-order valence-corrected chi connectivity index (χ4v) is 6.07. The van der Waals surface area contributed by atoms with E-state index in [1.165, 1.54) is 56.8 Å². The molecule has 2 aromatic heterocycles. The van der Waals surface area contributed by atoms with Crippen LogP contribution in [-0.2, 0) is 12.8 Å². The van der Waals surface area contributed by atoms with E-state index in [1.54, 1.807) is 14.2 Å². The zero-order chi connectivity index (χ0) is 24.2. The van der Waals surface area contributed by atoms with E-state index in [0.717, 1.165) is 35.7 Å². The van der Waals surface area contributed by atoms with Gasteiger partial charge >= 0.3 is 0 Å². The van der Waals surface area contributed by atoms with Gasteiger partial charge < -0.3 is 18.6 Å². The summed E-state index contributed by atoms with van der Waals surface area (Å²) < 4.78 is 16.0. The molecule has 0 spiro atoms. The average Bonchev–Trinajstić information content (AvgIpc) is 3.44. The fraction of sp³-hybridized carbons (Fsp3) is 0.188. The SMILES string of the molecule is COc1cccc(-n2c3c(c4cc5c6ccccc6n(-c6cccc(OC)c6)c5cc42)CCCC3)c1. The molecule has 0 fully saturated rings. The molecule has 0 N–H and O–H groups in total. The van der Waals surface area contributed by atoms with E-state index in [4.69, 9.17) is 9.47 Å². The minimum absolute atomic E-state index is 0.856. The maximum Gasteiger partial charge on any atom is 0.120 e. The second kappa shape index (κ2) is 8.20. The van der Waals surface area contributed by atoms with Gasteiger partial charge in [-0.3, -0.25) is 0 Å². The number of ether oxygens (including phenoxy) is 2. The molecule has 6 aromatic rings. The van der Waals surface area contributed by atoms with E-state index in [-0.39, 0.29) is 0 Å². The van der Waals surface area contributed by atoms with Gasteiger partial charge in [0, 0.05) is 45.4 Å². The van der Waals surface area contributed by atoms with Crippen molar-refractivity contribution in [2.45, 2.75) is 25.7 Å². The number of nitrogens with zero attached hydrogens (tertiary/aromatic N) is 2. The van der Waals surface area contributed by atoms with E-state index in [1.807, 2.05) is 12.1 Å². The Bertz CT molecular complexity index is 1770. The molecule has 0 aliphatic heterocycles. The van der Waals surface area contributed by atoms with Crippen molar-refractivity contribution in [3.8, 4) is 22.9 Å². The third-order valence-electron chi connectivity index (χ3n) is 7.69. The molecule has 1 aliphatic carbocycles. The summed E-state index contributed by atoms with van der Waals surface area (Å²) in [7, 11) is 3.46. The van der Waals surface area contributed by atoms with Crippen LogP contribution in [0, 0.1) is 0 Å². The van der Waals surface area contributed by atoms with Crippen molar-refractivity contribution in [3.05, 3.63) is 96.2 Å². The predicted octanol–water partition coefficient (Wildman–Crippen LogP) is 7.62. The van der Waals surface area contributed by atoms with E-state index in [9.17, 15) is 0 Å². The zero-order valence-corrected chi connectivity index (χ0v) is 20.6. The first-order valence-electron chi connectivity index (χ1n) is 12.6. The molecular weight excluding hydrogens is 444 g/mol. The Balaban J connectivity index is 1.62. The molecule has 0 saturated heterocycles. The number of aryl methyl sites for hydroxylation is 1. The van der Waals surface area contributed by atoms with Crippen molar-refractivity contribution in [2.24, 2.45) is 0 Å². The van der Waals surface area contributed by atoms with Gasteiger partial charge in [0.2, 0.25) is 0 Å². The highest BCUT2D eigenvalue weighted by atomic mass is 16.5. The largest absolute Gasteiger partial charge is 0.497 e. The Morgan fingerprint density at radius 2 is 1.22 bits per heavy atom. The van der Waals surface area contributed by atoms with Gasteiger partial charge in [-0.2, -0.15) is 0 Å². The van der Waals surface area contributed by atoms with E-state index in [2.05, 4.69) is 81.9 Å². The minimum atomic E-state index is 0.856. The average molecular weight is 473 g/mol. The molecule has 4 aromatic carbocycles. The second-order valence-electron chi connectivity index (χ2n) is 9.61. The first-order valence-corrected chi connectivity index (χ1v) is 12.6. The molecule has 4 nitrogen and oxygen atoms in total. The summed E-state index contributed by atoms with van der Waals surface area (Å²) in [5.41, 5.74) is 8.87. The molecule has 0 atom stereocenters. The lowest BCUT2D eigenvalue weighted by molar-refractivity contribution is 0.414. The third kappa shape index (κ3) is 3.07. The predicted molar refractivity (Wildman–Crippen MR) is 147 cm³/mol. The molecule has 1 aliphatic rings. The molecule has 178 valence electrons. The van der Waals surface area contributed by atoms with Crippen LogP contribution in [0.4, 0.5) is 0 Å². The number of hydrogen-bond acceptors (Lipinski definition) is 2. The zero-order valence-electron chi connectivity index (χ0n) is 20.6. The van der Waals surface area contributed by atoms with Crippen molar-refractivity contribution < 1.29 is 9.47 Å². The van der Waals surface area contributed by atoms with Gasteiger partial charge in [0.25, 0.3) is 0 Å². The maximum atomic E-state index is 5.59. The van der Waals surface area contributed by atoms with Crippen molar-refractivity contribution in [2.75, 3.05) is 14.2 Å². The number of fused-ring (bicyclic) bond motifs is 6. The molecular formula is C32H28N2O2. The lowest BCUT2D eigenvalue weighted by atomic mass is 9.95. The van der Waals surface area contributed by atoms with E-state index >= 15 is 0 Å².